The van der Waals surface area contributed by atoms with Crippen LogP contribution in [0.15, 0.2) is 36.5 Å². The van der Waals surface area contributed by atoms with Gasteiger partial charge in [0.15, 0.2) is 0 Å². The van der Waals surface area contributed by atoms with Crippen LogP contribution in [0.4, 0.5) is 11.8 Å². The minimum Gasteiger partial charge on any atom is -0.462 e. The molecule has 0 bridgehead atoms. The first-order valence-corrected chi connectivity index (χ1v) is 8.48. The van der Waals surface area contributed by atoms with Crippen LogP contribution in [-0.4, -0.2) is 53.6 Å². The molecule has 0 amide bonds. The molecule has 0 aliphatic carbocycles. The molecule has 2 aromatic rings. The van der Waals surface area contributed by atoms with E-state index in [-0.39, 0.29) is 11.4 Å². The van der Waals surface area contributed by atoms with Crippen LogP contribution in [0.1, 0.15) is 22.8 Å². The highest BCUT2D eigenvalue weighted by Crippen LogP contribution is 2.17. The Labute approximate surface area is 147 Å². The van der Waals surface area contributed by atoms with E-state index in [0.29, 0.717) is 12.6 Å². The van der Waals surface area contributed by atoms with Gasteiger partial charge in [0.2, 0.25) is 5.95 Å². The molecular formula is C18H23N5O2. The van der Waals surface area contributed by atoms with Gasteiger partial charge in [-0.15, -0.1) is 0 Å². The maximum absolute atomic E-state index is 11.8. The zero-order valence-electron chi connectivity index (χ0n) is 14.4. The van der Waals surface area contributed by atoms with Gasteiger partial charge in [-0.05, 0) is 12.5 Å². The van der Waals surface area contributed by atoms with Gasteiger partial charge in [0, 0.05) is 38.9 Å². The maximum atomic E-state index is 11.8. The van der Waals surface area contributed by atoms with Gasteiger partial charge in [-0.1, -0.05) is 30.3 Å². The second-order valence-electron chi connectivity index (χ2n) is 5.94. The molecule has 3 rings (SSSR count). The molecule has 0 spiro atoms. The van der Waals surface area contributed by atoms with E-state index in [1.807, 2.05) is 6.07 Å². The summed E-state index contributed by atoms with van der Waals surface area (Å²) in [5, 5.41) is 0. The average molecular weight is 341 g/mol. The van der Waals surface area contributed by atoms with Crippen molar-refractivity contribution in [1.82, 2.24) is 14.9 Å². The number of nitrogens with two attached hydrogens (primary N) is 1. The molecule has 132 valence electrons. The molecule has 1 fully saturated rings. The van der Waals surface area contributed by atoms with Crippen LogP contribution in [0.3, 0.4) is 0 Å². The summed E-state index contributed by atoms with van der Waals surface area (Å²) < 4.78 is 4.95. The number of benzene rings is 1. The Kier molecular flexibility index (Phi) is 5.45. The number of nitrogen functional groups attached to an aromatic ring is 1. The summed E-state index contributed by atoms with van der Waals surface area (Å²) >= 11 is 0. The molecule has 7 heteroatoms. The summed E-state index contributed by atoms with van der Waals surface area (Å²) in [5.41, 5.74) is 7.43. The number of carbonyl (C=O) groups excluding carboxylic acids is 1. The lowest BCUT2D eigenvalue weighted by Crippen LogP contribution is -2.46. The fraction of sp³-hybridized carbons (Fsp3) is 0.389. The van der Waals surface area contributed by atoms with Crippen LogP contribution in [0, 0.1) is 0 Å². The fourth-order valence-corrected chi connectivity index (χ4v) is 2.85. The number of aromatic nitrogens is 2. The first-order valence-electron chi connectivity index (χ1n) is 8.48. The van der Waals surface area contributed by atoms with Gasteiger partial charge in [0.25, 0.3) is 0 Å². The molecule has 1 aliphatic heterocycles. The van der Waals surface area contributed by atoms with Gasteiger partial charge in [-0.3, -0.25) is 4.90 Å². The van der Waals surface area contributed by atoms with Crippen molar-refractivity contribution in [1.29, 1.82) is 0 Å². The standard InChI is InChI=1S/C18H23N5O2/c1-2-25-17(24)15-12-20-18(21-16(15)19)23-10-8-22(9-11-23)13-14-6-4-3-5-7-14/h3-7,12H,2,8-11,13H2,1H3,(H2,19,20,21). The van der Waals surface area contributed by atoms with Crippen molar-refractivity contribution in [2.75, 3.05) is 43.4 Å². The van der Waals surface area contributed by atoms with Crippen molar-refractivity contribution in [3.05, 3.63) is 47.7 Å². The van der Waals surface area contributed by atoms with Crippen molar-refractivity contribution in [3.8, 4) is 0 Å². The molecule has 1 aromatic carbocycles. The maximum Gasteiger partial charge on any atom is 0.343 e. The SMILES string of the molecule is CCOC(=O)c1cnc(N2CCN(Cc3ccccc3)CC2)nc1N. The second-order valence-corrected chi connectivity index (χ2v) is 5.94. The monoisotopic (exact) mass is 341 g/mol. The molecule has 25 heavy (non-hydrogen) atoms. The molecule has 2 heterocycles. The lowest BCUT2D eigenvalue weighted by molar-refractivity contribution is 0.0527. The smallest absolute Gasteiger partial charge is 0.343 e. The Balaban J connectivity index is 1.59. The van der Waals surface area contributed by atoms with Gasteiger partial charge in [0.05, 0.1) is 6.61 Å². The largest absolute Gasteiger partial charge is 0.462 e. The predicted octanol–water partition coefficient (Wildman–Crippen LogP) is 1.56. The Morgan fingerprint density at radius 3 is 2.56 bits per heavy atom. The normalized spacial score (nSPS) is 15.2. The van der Waals surface area contributed by atoms with E-state index in [2.05, 4.69) is 44.0 Å². The minimum atomic E-state index is -0.487. The number of anilines is 2. The number of carbonyl (C=O) groups is 1. The van der Waals surface area contributed by atoms with Gasteiger partial charge < -0.3 is 15.4 Å². The van der Waals surface area contributed by atoms with Crippen molar-refractivity contribution in [2.45, 2.75) is 13.5 Å². The van der Waals surface area contributed by atoms with Crippen LogP contribution >= 0.6 is 0 Å². The van der Waals surface area contributed by atoms with E-state index in [0.717, 1.165) is 32.7 Å². The molecule has 0 saturated carbocycles. The first kappa shape index (κ1) is 17.2. The Morgan fingerprint density at radius 2 is 1.92 bits per heavy atom. The molecule has 0 unspecified atom stereocenters. The Bertz CT molecular complexity index is 715. The molecule has 0 radical (unpaired) electrons. The molecule has 1 saturated heterocycles. The van der Waals surface area contributed by atoms with Gasteiger partial charge >= 0.3 is 5.97 Å². The summed E-state index contributed by atoms with van der Waals surface area (Å²) in [7, 11) is 0. The number of nitrogens with zero attached hydrogens (tertiary/aromatic N) is 4. The summed E-state index contributed by atoms with van der Waals surface area (Å²) in [6.07, 6.45) is 1.45. The van der Waals surface area contributed by atoms with E-state index in [9.17, 15) is 4.79 Å². The number of ether oxygens (including phenoxy) is 1. The zero-order valence-corrected chi connectivity index (χ0v) is 14.4. The third-order valence-corrected chi connectivity index (χ3v) is 4.21. The van der Waals surface area contributed by atoms with Crippen LogP contribution in [0.5, 0.6) is 0 Å². The molecular weight excluding hydrogens is 318 g/mol. The Morgan fingerprint density at radius 1 is 1.20 bits per heavy atom. The van der Waals surface area contributed by atoms with E-state index in [1.54, 1.807) is 6.92 Å². The van der Waals surface area contributed by atoms with E-state index in [4.69, 9.17) is 10.5 Å². The molecule has 7 nitrogen and oxygen atoms in total. The van der Waals surface area contributed by atoms with E-state index < -0.39 is 5.97 Å². The van der Waals surface area contributed by atoms with Crippen LogP contribution in [0.2, 0.25) is 0 Å². The molecule has 1 aliphatic rings. The number of esters is 1. The number of piperazine rings is 1. The molecule has 1 aromatic heterocycles. The topological polar surface area (TPSA) is 84.6 Å². The summed E-state index contributed by atoms with van der Waals surface area (Å²) in [4.78, 5) is 24.8. The second kappa shape index (κ2) is 7.94. The van der Waals surface area contributed by atoms with E-state index >= 15 is 0 Å². The van der Waals surface area contributed by atoms with Crippen molar-refractivity contribution >= 4 is 17.7 Å². The minimum absolute atomic E-state index is 0.162. The van der Waals surface area contributed by atoms with Gasteiger partial charge in [-0.2, -0.15) is 4.98 Å². The zero-order chi connectivity index (χ0) is 17.6. The van der Waals surface area contributed by atoms with Gasteiger partial charge in [-0.25, -0.2) is 9.78 Å². The summed E-state index contributed by atoms with van der Waals surface area (Å²) in [5.74, 6) is 0.235. The number of hydrogen-bond donors (Lipinski definition) is 1. The molecule has 0 atom stereocenters. The van der Waals surface area contributed by atoms with E-state index in [1.165, 1.54) is 11.8 Å². The third kappa shape index (κ3) is 4.24. The Hall–Kier alpha value is -2.67. The lowest BCUT2D eigenvalue weighted by atomic mass is 10.2. The van der Waals surface area contributed by atoms with Crippen LogP contribution in [0.25, 0.3) is 0 Å². The quantitative estimate of drug-likeness (QED) is 0.826. The van der Waals surface area contributed by atoms with Crippen molar-refractivity contribution in [3.63, 3.8) is 0 Å². The highest BCUT2D eigenvalue weighted by atomic mass is 16.5. The van der Waals surface area contributed by atoms with Crippen molar-refractivity contribution < 1.29 is 9.53 Å². The highest BCUT2D eigenvalue weighted by Gasteiger charge is 2.21. The summed E-state index contributed by atoms with van der Waals surface area (Å²) in [6, 6.07) is 10.4. The third-order valence-electron chi connectivity index (χ3n) is 4.21. The van der Waals surface area contributed by atoms with Gasteiger partial charge in [0.1, 0.15) is 11.4 Å². The summed E-state index contributed by atoms with van der Waals surface area (Å²) in [6.45, 7) is 6.49. The average Bonchev–Trinajstić information content (AvgIpc) is 2.63. The fourth-order valence-electron chi connectivity index (χ4n) is 2.85. The number of hydrogen-bond acceptors (Lipinski definition) is 7. The lowest BCUT2D eigenvalue weighted by Gasteiger charge is -2.34. The van der Waals surface area contributed by atoms with Crippen molar-refractivity contribution in [2.24, 2.45) is 0 Å². The molecule has 2 N–H and O–H groups in total. The first-order chi connectivity index (χ1) is 12.2. The number of rotatable bonds is 5. The van der Waals surface area contributed by atoms with Crippen LogP contribution < -0.4 is 10.6 Å². The predicted molar refractivity (Wildman–Crippen MR) is 96.3 cm³/mol. The highest BCUT2D eigenvalue weighted by molar-refractivity contribution is 5.93. The van der Waals surface area contributed by atoms with Crippen LogP contribution in [-0.2, 0) is 11.3 Å².